The molecule has 1 amide bonds. The van der Waals surface area contributed by atoms with Crippen LogP contribution in [0.25, 0.3) is 0 Å². The molecule has 1 heterocycles. The Bertz CT molecular complexity index is 1500. The summed E-state index contributed by atoms with van der Waals surface area (Å²) in [5.41, 5.74) is 1.39. The third kappa shape index (κ3) is 8.47. The SMILES string of the molecule is CCCN(CCC)S(=O)(=O)c1ccc(C(=O)Oc2ccc(NC(=O)COc3ccccc3Cl)c(N3CCOCC3)c2)cc1. The van der Waals surface area contributed by atoms with Crippen LogP contribution < -0.4 is 19.7 Å². The number of amides is 1. The maximum Gasteiger partial charge on any atom is 0.343 e. The molecule has 1 aliphatic rings. The summed E-state index contributed by atoms with van der Waals surface area (Å²) in [5.74, 6) is -0.350. The largest absolute Gasteiger partial charge is 0.482 e. The molecule has 0 spiro atoms. The van der Waals surface area contributed by atoms with Crippen molar-refractivity contribution in [3.63, 3.8) is 0 Å². The fourth-order valence-electron chi connectivity index (χ4n) is 4.57. The summed E-state index contributed by atoms with van der Waals surface area (Å²) >= 11 is 6.12. The second kappa shape index (κ2) is 15.2. The number of esters is 1. The molecule has 43 heavy (non-hydrogen) atoms. The van der Waals surface area contributed by atoms with E-state index in [2.05, 4.69) is 5.32 Å². The van der Waals surface area contributed by atoms with Gasteiger partial charge in [0.1, 0.15) is 11.5 Å². The molecule has 0 unspecified atom stereocenters. The first kappa shape index (κ1) is 32.3. The van der Waals surface area contributed by atoms with Crippen LogP contribution in [0.1, 0.15) is 37.0 Å². The molecule has 10 nitrogen and oxygen atoms in total. The Labute approximate surface area is 257 Å². The third-order valence-corrected chi connectivity index (χ3v) is 8.90. The minimum Gasteiger partial charge on any atom is -0.482 e. The summed E-state index contributed by atoms with van der Waals surface area (Å²) < 4.78 is 44.3. The predicted molar refractivity (Wildman–Crippen MR) is 166 cm³/mol. The Morgan fingerprint density at radius 3 is 2.30 bits per heavy atom. The van der Waals surface area contributed by atoms with E-state index in [1.807, 2.05) is 18.7 Å². The fourth-order valence-corrected chi connectivity index (χ4v) is 6.38. The number of nitrogens with zero attached hydrogens (tertiary/aromatic N) is 2. The molecule has 1 saturated heterocycles. The summed E-state index contributed by atoms with van der Waals surface area (Å²) in [6.45, 7) is 6.65. The van der Waals surface area contributed by atoms with Crippen LogP contribution in [0.15, 0.2) is 71.6 Å². The van der Waals surface area contributed by atoms with E-state index in [0.717, 1.165) is 0 Å². The number of benzene rings is 3. The van der Waals surface area contributed by atoms with Crippen molar-refractivity contribution >= 4 is 44.9 Å². The highest BCUT2D eigenvalue weighted by Crippen LogP contribution is 2.32. The average molecular weight is 630 g/mol. The van der Waals surface area contributed by atoms with Gasteiger partial charge in [-0.05, 0) is 61.4 Å². The highest BCUT2D eigenvalue weighted by Gasteiger charge is 2.24. The molecule has 1 fully saturated rings. The van der Waals surface area contributed by atoms with Gasteiger partial charge in [0.2, 0.25) is 10.0 Å². The van der Waals surface area contributed by atoms with Gasteiger partial charge in [0.15, 0.2) is 6.61 Å². The zero-order valence-electron chi connectivity index (χ0n) is 24.3. The van der Waals surface area contributed by atoms with Crippen LogP contribution in [-0.2, 0) is 19.6 Å². The van der Waals surface area contributed by atoms with Crippen LogP contribution in [0, 0.1) is 0 Å². The van der Waals surface area contributed by atoms with E-state index in [9.17, 15) is 18.0 Å². The first-order valence-corrected chi connectivity index (χ1v) is 16.0. The van der Waals surface area contributed by atoms with Crippen molar-refractivity contribution in [2.24, 2.45) is 0 Å². The lowest BCUT2D eigenvalue weighted by Gasteiger charge is -2.30. The van der Waals surface area contributed by atoms with Gasteiger partial charge in [0, 0.05) is 32.2 Å². The van der Waals surface area contributed by atoms with Crippen molar-refractivity contribution < 1.29 is 32.2 Å². The average Bonchev–Trinajstić information content (AvgIpc) is 3.01. The summed E-state index contributed by atoms with van der Waals surface area (Å²) in [6, 6.07) is 17.6. The fraction of sp³-hybridized carbons (Fsp3) is 0.355. The topological polar surface area (TPSA) is 114 Å². The highest BCUT2D eigenvalue weighted by atomic mass is 35.5. The number of para-hydroxylation sites is 1. The lowest BCUT2D eigenvalue weighted by Crippen LogP contribution is -2.37. The molecule has 0 bridgehead atoms. The molecule has 230 valence electrons. The van der Waals surface area contributed by atoms with Gasteiger partial charge < -0.3 is 24.4 Å². The number of carbonyl (C=O) groups excluding carboxylic acids is 2. The summed E-state index contributed by atoms with van der Waals surface area (Å²) in [4.78, 5) is 27.9. The molecule has 0 aliphatic carbocycles. The Morgan fingerprint density at radius 2 is 1.65 bits per heavy atom. The van der Waals surface area contributed by atoms with E-state index in [1.54, 1.807) is 42.5 Å². The lowest BCUT2D eigenvalue weighted by atomic mass is 10.2. The molecular formula is C31H36ClN3O7S. The molecule has 0 saturated carbocycles. The van der Waals surface area contributed by atoms with Crippen LogP contribution in [-0.4, -0.2) is 70.6 Å². The maximum absolute atomic E-state index is 13.1. The number of hydrogen-bond donors (Lipinski definition) is 1. The zero-order valence-corrected chi connectivity index (χ0v) is 25.8. The molecular weight excluding hydrogens is 594 g/mol. The van der Waals surface area contributed by atoms with Gasteiger partial charge in [0.05, 0.1) is 40.1 Å². The van der Waals surface area contributed by atoms with E-state index in [-0.39, 0.29) is 28.7 Å². The van der Waals surface area contributed by atoms with E-state index in [0.29, 0.717) is 74.4 Å². The van der Waals surface area contributed by atoms with Gasteiger partial charge in [-0.1, -0.05) is 37.6 Å². The number of hydrogen-bond acceptors (Lipinski definition) is 8. The number of sulfonamides is 1. The number of halogens is 1. The number of anilines is 2. The van der Waals surface area contributed by atoms with E-state index >= 15 is 0 Å². The number of rotatable bonds is 13. The maximum atomic E-state index is 13.1. The summed E-state index contributed by atoms with van der Waals surface area (Å²) in [7, 11) is -3.67. The monoisotopic (exact) mass is 629 g/mol. The van der Waals surface area contributed by atoms with Crippen LogP contribution in [0.4, 0.5) is 11.4 Å². The normalized spacial score (nSPS) is 13.5. The Balaban J connectivity index is 1.48. The van der Waals surface area contributed by atoms with E-state index < -0.39 is 16.0 Å². The zero-order chi connectivity index (χ0) is 30.8. The first-order valence-electron chi connectivity index (χ1n) is 14.2. The van der Waals surface area contributed by atoms with E-state index in [1.165, 1.54) is 28.6 Å². The molecule has 0 atom stereocenters. The molecule has 0 aromatic heterocycles. The van der Waals surface area contributed by atoms with Crippen molar-refractivity contribution in [2.75, 3.05) is 56.2 Å². The molecule has 1 aliphatic heterocycles. The lowest BCUT2D eigenvalue weighted by molar-refractivity contribution is -0.118. The van der Waals surface area contributed by atoms with Gasteiger partial charge in [0.25, 0.3) is 5.91 Å². The Morgan fingerprint density at radius 1 is 0.977 bits per heavy atom. The van der Waals surface area contributed by atoms with Crippen molar-refractivity contribution in [3.05, 3.63) is 77.3 Å². The highest BCUT2D eigenvalue weighted by molar-refractivity contribution is 7.89. The Kier molecular flexibility index (Phi) is 11.4. The molecule has 4 rings (SSSR count). The first-order chi connectivity index (χ1) is 20.7. The van der Waals surface area contributed by atoms with Gasteiger partial charge in [-0.15, -0.1) is 0 Å². The van der Waals surface area contributed by atoms with Crippen molar-refractivity contribution in [3.8, 4) is 11.5 Å². The van der Waals surface area contributed by atoms with Crippen molar-refractivity contribution in [1.82, 2.24) is 4.31 Å². The number of carbonyl (C=O) groups is 2. The molecule has 12 heteroatoms. The van der Waals surface area contributed by atoms with Gasteiger partial charge in [-0.3, -0.25) is 4.79 Å². The molecule has 1 N–H and O–H groups in total. The van der Waals surface area contributed by atoms with E-state index in [4.69, 9.17) is 25.8 Å². The third-order valence-electron chi connectivity index (χ3n) is 6.67. The van der Waals surface area contributed by atoms with Gasteiger partial charge in [-0.25, -0.2) is 13.2 Å². The molecule has 0 radical (unpaired) electrons. The quantitative estimate of drug-likeness (QED) is 0.202. The van der Waals surface area contributed by atoms with Crippen LogP contribution in [0.3, 0.4) is 0 Å². The smallest absolute Gasteiger partial charge is 0.343 e. The minimum atomic E-state index is -3.67. The number of morpholine rings is 1. The molecule has 3 aromatic rings. The second-order valence-electron chi connectivity index (χ2n) is 9.86. The van der Waals surface area contributed by atoms with Crippen LogP contribution >= 0.6 is 11.6 Å². The predicted octanol–water partition coefficient (Wildman–Crippen LogP) is 5.22. The Hall–Kier alpha value is -3.64. The number of nitrogens with one attached hydrogen (secondary N) is 1. The van der Waals surface area contributed by atoms with Crippen LogP contribution in [0.2, 0.25) is 5.02 Å². The summed E-state index contributed by atoms with van der Waals surface area (Å²) in [6.07, 6.45) is 1.41. The standard InChI is InChI=1S/C31H36ClN3O7S/c1-3-15-35(16-4-2)43(38,39)25-12-9-23(10-13-25)31(37)42-24-11-14-27(28(21-24)34-17-19-40-20-18-34)33-30(36)22-41-29-8-6-5-7-26(29)32/h5-14,21H,3-4,15-20,22H2,1-2H3,(H,33,36). The molecule has 3 aromatic carbocycles. The minimum absolute atomic E-state index is 0.124. The van der Waals surface area contributed by atoms with Crippen molar-refractivity contribution in [1.29, 1.82) is 0 Å². The van der Waals surface area contributed by atoms with Crippen molar-refractivity contribution in [2.45, 2.75) is 31.6 Å². The number of ether oxygens (including phenoxy) is 3. The van der Waals surface area contributed by atoms with Gasteiger partial charge >= 0.3 is 5.97 Å². The van der Waals surface area contributed by atoms with Gasteiger partial charge in [-0.2, -0.15) is 4.31 Å². The van der Waals surface area contributed by atoms with Crippen LogP contribution in [0.5, 0.6) is 11.5 Å². The second-order valence-corrected chi connectivity index (χ2v) is 12.2. The summed E-state index contributed by atoms with van der Waals surface area (Å²) in [5, 5.41) is 3.27.